The number of unbranched alkanes of at least 4 members (excludes halogenated alkanes) is 18. The zero-order valence-corrected chi connectivity index (χ0v) is 82.8. The quantitative estimate of drug-likeness (QED) is 0.0281. The van der Waals surface area contributed by atoms with Crippen molar-refractivity contribution in [1.82, 2.24) is 8.75 Å². The summed E-state index contributed by atoms with van der Waals surface area (Å²) in [6.07, 6.45) is 37.7. The Morgan fingerprint density at radius 1 is 0.179 bits per heavy atom. The number of rotatable bonds is 46. The molecule has 15 aromatic heterocycles. The maximum Gasteiger partial charge on any atom is 0.222 e. The first kappa shape index (κ1) is 85.8. The average molecular weight is 1850 g/mol. The van der Waals surface area contributed by atoms with Gasteiger partial charge in [0.1, 0.15) is 11.0 Å². The van der Waals surface area contributed by atoms with Crippen LogP contribution in [0.1, 0.15) is 225 Å². The third-order valence-corrected chi connectivity index (χ3v) is 55.7. The van der Waals surface area contributed by atoms with E-state index >= 15 is 0 Å². The topological polar surface area (TPSA) is 25.8 Å². The Kier molecular flexibility index (Phi) is 30.5. The van der Waals surface area contributed by atoms with E-state index in [1.54, 1.807) is 0 Å². The lowest BCUT2D eigenvalue weighted by molar-refractivity contribution is 0.670. The van der Waals surface area contributed by atoms with Crippen LogP contribution in [0.4, 0.5) is 0 Å². The molecule has 0 saturated carbocycles. The van der Waals surface area contributed by atoms with Crippen molar-refractivity contribution in [2.75, 3.05) is 0 Å². The molecule has 0 amide bonds. The molecule has 0 radical (unpaired) electrons. The van der Waals surface area contributed by atoms with Gasteiger partial charge in [-0.25, -0.2) is 0 Å². The van der Waals surface area contributed by atoms with Crippen LogP contribution in [0.25, 0.3) is 90.4 Å². The van der Waals surface area contributed by atoms with Crippen LogP contribution < -0.4 is 36.0 Å². The maximum atomic E-state index is 5.38. The number of aromatic nitrogens is 2. The molecule has 0 saturated heterocycles. The number of hydrogen-bond donors (Lipinski definition) is 0. The predicted molar refractivity (Wildman–Crippen MR) is 545 cm³/mol. The highest BCUT2D eigenvalue weighted by molar-refractivity contribution is 7.56. The number of nitrogens with zero attached hydrogens (tertiary/aromatic N) is 2. The fourth-order valence-electron chi connectivity index (χ4n) is 16.3. The van der Waals surface area contributed by atoms with Crippen LogP contribution in [0.3, 0.4) is 0 Å². The zero-order valence-electron chi connectivity index (χ0n) is 68.6. The second kappa shape index (κ2) is 41.6. The van der Waals surface area contributed by atoms with E-state index in [1.807, 2.05) is 90.7 Å². The van der Waals surface area contributed by atoms with Crippen molar-refractivity contribution >= 4 is 234 Å². The summed E-state index contributed by atoms with van der Waals surface area (Å²) in [5.41, 5.74) is 4.34. The molecule has 0 aliphatic carbocycles. The van der Waals surface area contributed by atoms with Gasteiger partial charge in [0.25, 0.3) is 0 Å². The first-order valence-corrected chi connectivity index (χ1v) is 59.5. The third-order valence-electron chi connectivity index (χ3n) is 22.8. The van der Waals surface area contributed by atoms with Gasteiger partial charge in [-0.15, -0.1) is 159 Å². The fraction of sp³-hybridized carbons (Fsp3) is 0.367. The lowest BCUT2D eigenvalue weighted by atomic mass is 10.1. The first-order valence-electron chi connectivity index (χ1n) is 43.3. The smallest absolute Gasteiger partial charge is 0.172 e. The van der Waals surface area contributed by atoms with E-state index in [-0.39, 0.29) is 0 Å². The minimum absolute atomic E-state index is 0.997. The normalized spacial score (nSPS) is 12.2. The molecule has 16 rings (SSSR count). The Hall–Kier alpha value is -4.73. The van der Waals surface area contributed by atoms with E-state index in [4.69, 9.17) is 8.75 Å². The number of thiophene rings is 14. The van der Waals surface area contributed by atoms with E-state index in [1.165, 1.54) is 311 Å². The summed E-state index contributed by atoms with van der Waals surface area (Å²) in [7, 11) is -6.09. The molecule has 0 aliphatic heterocycles. The monoisotopic (exact) mass is 1850 g/mol. The Labute approximate surface area is 758 Å². The number of hydrogen-bond acceptors (Lipinski definition) is 17. The molecule has 16 aromatic rings. The number of fused-ring (bicyclic) bond motifs is 1. The van der Waals surface area contributed by atoms with Gasteiger partial charge in [0.15, 0.2) is 0 Å². The van der Waals surface area contributed by atoms with Gasteiger partial charge in [0.2, 0.25) is 16.1 Å². The molecule has 608 valence electrons. The molecular weight excluding hydrogens is 1740 g/mol. The van der Waals surface area contributed by atoms with E-state index in [2.05, 4.69) is 292 Å². The van der Waals surface area contributed by atoms with Gasteiger partial charge in [0, 0.05) is 145 Å². The van der Waals surface area contributed by atoms with Gasteiger partial charge in [0.05, 0.1) is 11.7 Å². The van der Waals surface area contributed by atoms with E-state index in [0.717, 1.165) is 49.6 Å². The Bertz CT molecular complexity index is 4980. The average Bonchev–Trinajstić information content (AvgIpc) is 1.58. The summed E-state index contributed by atoms with van der Waals surface area (Å²) in [6.45, 7) is 13.9. The molecule has 0 unspecified atom stereocenters. The van der Waals surface area contributed by atoms with Gasteiger partial charge in [-0.3, -0.25) is 0 Å². The van der Waals surface area contributed by atoms with Crippen molar-refractivity contribution < 1.29 is 0 Å². The number of benzene rings is 1. The van der Waals surface area contributed by atoms with E-state index < -0.39 is 16.1 Å². The van der Waals surface area contributed by atoms with Crippen LogP contribution in [0.5, 0.6) is 0 Å². The minimum Gasteiger partial charge on any atom is -0.172 e. The molecule has 0 spiro atoms. The summed E-state index contributed by atoms with van der Waals surface area (Å²) >= 11 is 30.0. The first-order chi connectivity index (χ1) is 57.7. The third kappa shape index (κ3) is 19.6. The molecule has 15 heterocycles. The Morgan fingerprint density at radius 3 is 0.547 bits per heavy atom. The van der Waals surface area contributed by atoms with Crippen molar-refractivity contribution in [3.8, 4) is 79.4 Å². The predicted octanol–water partition coefficient (Wildman–Crippen LogP) is 31.4. The molecule has 1 aromatic carbocycles. The molecular formula is C98H108N2S15Si2. The van der Waals surface area contributed by atoms with Crippen molar-refractivity contribution in [3.63, 3.8) is 0 Å². The van der Waals surface area contributed by atoms with Crippen LogP contribution >= 0.6 is 170 Å². The summed E-state index contributed by atoms with van der Waals surface area (Å²) in [4.78, 5) is 28.3. The maximum absolute atomic E-state index is 5.38. The second-order valence-corrected chi connectivity index (χ2v) is 57.8. The SMILES string of the molecule is CCCCCCc1ccc(-c2ccc([Si](c3ccc(-c4ccc(CCCCCC)s4)s3)(c3ccc(-c4ccc(CCCCCC)s4)s3)c3ccc(-c4ccc(-c5ccc([Si](c6ccc(-c7ccc(CCCCCC)s7)s6)(c6ccc(-c7ccc(CCCCCC)s7)s6)c6ccc(-c7ccc(CCCCCC)s7)s6)s5)c5nsnc45)s3)s2)s1. The Morgan fingerprint density at radius 2 is 0.350 bits per heavy atom. The van der Waals surface area contributed by atoms with Crippen LogP contribution in [-0.4, -0.2) is 24.9 Å². The van der Waals surface area contributed by atoms with Gasteiger partial charge < -0.3 is 0 Å². The molecule has 2 nitrogen and oxygen atoms in total. The van der Waals surface area contributed by atoms with Crippen LogP contribution in [0.15, 0.2) is 182 Å². The molecule has 0 atom stereocenters. The van der Waals surface area contributed by atoms with Crippen LogP contribution in [-0.2, 0) is 38.5 Å². The van der Waals surface area contributed by atoms with Crippen molar-refractivity contribution in [1.29, 1.82) is 0 Å². The van der Waals surface area contributed by atoms with Gasteiger partial charge in [-0.05, 0) is 198 Å². The molecule has 0 fully saturated rings. The zero-order chi connectivity index (χ0) is 79.9. The van der Waals surface area contributed by atoms with E-state index in [0.29, 0.717) is 0 Å². The van der Waals surface area contributed by atoms with E-state index in [9.17, 15) is 0 Å². The standard InChI is InChI=1S/C98H108N2S15Si2/c1-7-13-19-25-31-67-37-45-77(101-67)83-53-61-91(109-83)116(92-62-54-84(110-92)78-46-38-68(102-78)32-26-20-14-8-2,93-63-55-85(111-93)79-47-39-69(103-79)33-27-21-15-9-3)89-59-51-75(107-89)73-43-44-74(98-97(73)99-115-100-98)76-52-60-90(108-76)117(94-64-56-86(112-94)80-48-40-70(104-80)34-28-22-16-10-4,95-65-57-87(113-95)81-49-41-71(105-81)35-29-23-17-11-5)96-66-58-88(114-96)82-50-42-72(106-82)36-30-24-18-12-6/h37-66H,7-36H2,1-6H3. The van der Waals surface area contributed by atoms with Crippen LogP contribution in [0.2, 0.25) is 0 Å². The highest BCUT2D eigenvalue weighted by atomic mass is 32.2. The largest absolute Gasteiger partial charge is 0.222 e. The second-order valence-electron chi connectivity index (χ2n) is 31.4. The van der Waals surface area contributed by atoms with Crippen molar-refractivity contribution in [2.45, 2.75) is 234 Å². The molecule has 0 N–H and O–H groups in total. The molecule has 0 bridgehead atoms. The van der Waals surface area contributed by atoms with Gasteiger partial charge in [-0.1, -0.05) is 218 Å². The van der Waals surface area contributed by atoms with Crippen molar-refractivity contribution in [3.05, 3.63) is 211 Å². The van der Waals surface area contributed by atoms with Gasteiger partial charge >= 0.3 is 0 Å². The van der Waals surface area contributed by atoms with Crippen LogP contribution in [0, 0.1) is 0 Å². The molecule has 117 heavy (non-hydrogen) atoms. The molecule has 0 aliphatic rings. The Balaban J connectivity index is 0.814. The lowest BCUT2D eigenvalue weighted by Crippen LogP contribution is -2.72. The summed E-state index contributed by atoms with van der Waals surface area (Å²) in [5.74, 6) is 0. The highest BCUT2D eigenvalue weighted by Crippen LogP contribution is 2.45. The minimum atomic E-state index is -3.04. The summed E-state index contributed by atoms with van der Waals surface area (Å²) in [6, 6.07) is 74.3. The van der Waals surface area contributed by atoms with Gasteiger partial charge in [-0.2, -0.15) is 8.75 Å². The summed E-state index contributed by atoms with van der Waals surface area (Å²) in [5, 5.41) is 0. The summed E-state index contributed by atoms with van der Waals surface area (Å²) < 4.78 is 22.7. The van der Waals surface area contributed by atoms with Crippen molar-refractivity contribution in [2.24, 2.45) is 0 Å². The number of aryl methyl sites for hydroxylation is 6. The molecule has 19 heteroatoms. The lowest BCUT2D eigenvalue weighted by Gasteiger charge is -2.28. The fourth-order valence-corrected chi connectivity index (χ4v) is 53.2. The highest BCUT2D eigenvalue weighted by Gasteiger charge is 2.49.